The summed E-state index contributed by atoms with van der Waals surface area (Å²) in [4.78, 5) is 4.29. The Morgan fingerprint density at radius 3 is 2.81 bits per heavy atom. The quantitative estimate of drug-likeness (QED) is 0.853. The van der Waals surface area contributed by atoms with Crippen LogP contribution in [0.5, 0.6) is 0 Å². The van der Waals surface area contributed by atoms with Crippen LogP contribution in [0.25, 0.3) is 0 Å². The summed E-state index contributed by atoms with van der Waals surface area (Å²) < 4.78 is 3.96. The van der Waals surface area contributed by atoms with Gasteiger partial charge < -0.3 is 9.88 Å². The highest BCUT2D eigenvalue weighted by Crippen LogP contribution is 2.13. The predicted molar refractivity (Wildman–Crippen MR) is 63.1 cm³/mol. The Morgan fingerprint density at radius 2 is 2.19 bits per heavy atom. The molecule has 0 saturated heterocycles. The molecular formula is C11H17N5. The van der Waals surface area contributed by atoms with E-state index in [1.165, 1.54) is 0 Å². The van der Waals surface area contributed by atoms with Crippen molar-refractivity contribution in [2.24, 2.45) is 7.05 Å². The number of nitrogens with zero attached hydrogens (tertiary/aromatic N) is 4. The molecule has 0 atom stereocenters. The van der Waals surface area contributed by atoms with Gasteiger partial charge in [0.2, 0.25) is 5.95 Å². The molecule has 0 aliphatic carbocycles. The summed E-state index contributed by atoms with van der Waals surface area (Å²) in [5.74, 6) is 0.899. The van der Waals surface area contributed by atoms with Crippen LogP contribution in [0.1, 0.15) is 25.6 Å². The largest absolute Gasteiger partial charge is 0.350 e. The first kappa shape index (κ1) is 10.7. The van der Waals surface area contributed by atoms with Gasteiger partial charge in [0.25, 0.3) is 0 Å². The summed E-state index contributed by atoms with van der Waals surface area (Å²) in [6.07, 6.45) is 5.59. The highest BCUT2D eigenvalue weighted by molar-refractivity contribution is 5.27. The summed E-state index contributed by atoms with van der Waals surface area (Å²) >= 11 is 0. The van der Waals surface area contributed by atoms with Crippen molar-refractivity contribution in [1.29, 1.82) is 0 Å². The third-order valence-electron chi connectivity index (χ3n) is 2.58. The van der Waals surface area contributed by atoms with Crippen LogP contribution in [0.15, 0.2) is 24.7 Å². The average Bonchev–Trinajstić information content (AvgIpc) is 2.83. The van der Waals surface area contributed by atoms with Gasteiger partial charge in [-0.1, -0.05) is 0 Å². The van der Waals surface area contributed by atoms with Crippen molar-refractivity contribution in [3.8, 4) is 0 Å². The van der Waals surface area contributed by atoms with E-state index in [2.05, 4.69) is 33.8 Å². The van der Waals surface area contributed by atoms with E-state index in [0.29, 0.717) is 6.04 Å². The Labute approximate surface area is 95.1 Å². The molecule has 0 fully saturated rings. The van der Waals surface area contributed by atoms with Crippen LogP contribution in [0, 0.1) is 0 Å². The minimum Gasteiger partial charge on any atom is -0.350 e. The van der Waals surface area contributed by atoms with Crippen molar-refractivity contribution in [3.63, 3.8) is 0 Å². The number of rotatable bonds is 4. The molecule has 2 aromatic heterocycles. The molecule has 0 aromatic carbocycles. The number of nitrogens with one attached hydrogen (secondary N) is 1. The fraction of sp³-hybridized carbons (Fsp3) is 0.455. The van der Waals surface area contributed by atoms with Gasteiger partial charge in [0.15, 0.2) is 0 Å². The molecule has 0 spiro atoms. The average molecular weight is 219 g/mol. The van der Waals surface area contributed by atoms with E-state index >= 15 is 0 Å². The fourth-order valence-electron chi connectivity index (χ4n) is 1.61. The first-order valence-electron chi connectivity index (χ1n) is 5.42. The molecule has 0 bridgehead atoms. The van der Waals surface area contributed by atoms with Gasteiger partial charge >= 0.3 is 0 Å². The number of aromatic nitrogens is 4. The second-order valence-electron chi connectivity index (χ2n) is 4.05. The minimum atomic E-state index is 0.413. The Bertz CT molecular complexity index is 454. The van der Waals surface area contributed by atoms with Crippen LogP contribution < -0.4 is 5.32 Å². The van der Waals surface area contributed by atoms with Crippen LogP contribution in [-0.2, 0) is 13.6 Å². The maximum Gasteiger partial charge on any atom is 0.203 e. The minimum absolute atomic E-state index is 0.413. The van der Waals surface area contributed by atoms with Crippen molar-refractivity contribution in [2.45, 2.75) is 26.4 Å². The second kappa shape index (κ2) is 4.38. The van der Waals surface area contributed by atoms with Crippen molar-refractivity contribution >= 4 is 5.95 Å². The SMILES string of the molecule is CC(C)n1ccnc1NCc1ccnn1C. The number of anilines is 1. The van der Waals surface area contributed by atoms with E-state index in [-0.39, 0.29) is 0 Å². The molecule has 0 unspecified atom stereocenters. The van der Waals surface area contributed by atoms with E-state index in [1.807, 2.05) is 30.2 Å². The van der Waals surface area contributed by atoms with Crippen molar-refractivity contribution in [3.05, 3.63) is 30.4 Å². The first-order valence-corrected chi connectivity index (χ1v) is 5.42. The maximum absolute atomic E-state index is 4.29. The maximum atomic E-state index is 4.29. The molecule has 1 N–H and O–H groups in total. The van der Waals surface area contributed by atoms with Gasteiger partial charge in [0, 0.05) is 31.7 Å². The Kier molecular flexibility index (Phi) is 2.94. The standard InChI is InChI=1S/C11H17N5/c1-9(2)16-7-6-12-11(16)13-8-10-4-5-14-15(10)3/h4-7,9H,8H2,1-3H3,(H,12,13). The summed E-state index contributed by atoms with van der Waals surface area (Å²) in [5.41, 5.74) is 1.14. The number of imidazole rings is 1. The fourth-order valence-corrected chi connectivity index (χ4v) is 1.61. The van der Waals surface area contributed by atoms with Crippen LogP contribution in [0.2, 0.25) is 0 Å². The zero-order chi connectivity index (χ0) is 11.5. The lowest BCUT2D eigenvalue weighted by atomic mass is 10.4. The highest BCUT2D eigenvalue weighted by atomic mass is 15.3. The second-order valence-corrected chi connectivity index (χ2v) is 4.05. The third-order valence-corrected chi connectivity index (χ3v) is 2.58. The van der Waals surface area contributed by atoms with E-state index in [9.17, 15) is 0 Å². The predicted octanol–water partition coefficient (Wildman–Crippen LogP) is 1.81. The monoisotopic (exact) mass is 219 g/mol. The van der Waals surface area contributed by atoms with Crippen molar-refractivity contribution in [1.82, 2.24) is 19.3 Å². The van der Waals surface area contributed by atoms with Gasteiger partial charge in [-0.05, 0) is 19.9 Å². The van der Waals surface area contributed by atoms with Gasteiger partial charge in [-0.2, -0.15) is 5.10 Å². The third kappa shape index (κ3) is 2.08. The lowest BCUT2D eigenvalue weighted by Gasteiger charge is -2.12. The zero-order valence-corrected chi connectivity index (χ0v) is 9.88. The summed E-state index contributed by atoms with van der Waals surface area (Å²) in [7, 11) is 1.94. The normalized spacial score (nSPS) is 11.0. The van der Waals surface area contributed by atoms with Crippen molar-refractivity contribution in [2.75, 3.05) is 5.32 Å². The molecule has 2 heterocycles. The van der Waals surface area contributed by atoms with Crippen LogP contribution in [0.4, 0.5) is 5.95 Å². The van der Waals surface area contributed by atoms with Crippen molar-refractivity contribution < 1.29 is 0 Å². The van der Waals surface area contributed by atoms with Gasteiger partial charge in [0.05, 0.1) is 12.2 Å². The van der Waals surface area contributed by atoms with E-state index in [0.717, 1.165) is 18.2 Å². The molecule has 5 heteroatoms. The van der Waals surface area contributed by atoms with Gasteiger partial charge in [-0.15, -0.1) is 0 Å². The Morgan fingerprint density at radius 1 is 1.38 bits per heavy atom. The van der Waals surface area contributed by atoms with Crippen LogP contribution in [-0.4, -0.2) is 19.3 Å². The highest BCUT2D eigenvalue weighted by Gasteiger charge is 2.06. The molecule has 0 saturated carbocycles. The zero-order valence-electron chi connectivity index (χ0n) is 9.88. The van der Waals surface area contributed by atoms with Gasteiger partial charge in [0.1, 0.15) is 0 Å². The molecule has 5 nitrogen and oxygen atoms in total. The topological polar surface area (TPSA) is 47.7 Å². The first-order chi connectivity index (χ1) is 7.68. The Balaban J connectivity index is 2.05. The van der Waals surface area contributed by atoms with Gasteiger partial charge in [-0.3, -0.25) is 4.68 Å². The number of hydrogen-bond acceptors (Lipinski definition) is 3. The molecular weight excluding hydrogens is 202 g/mol. The van der Waals surface area contributed by atoms with Gasteiger partial charge in [-0.25, -0.2) is 4.98 Å². The molecule has 0 aliphatic heterocycles. The molecule has 86 valence electrons. The lowest BCUT2D eigenvalue weighted by molar-refractivity contribution is 0.603. The molecule has 0 radical (unpaired) electrons. The summed E-state index contributed by atoms with van der Waals surface area (Å²) in [6, 6.07) is 2.41. The lowest BCUT2D eigenvalue weighted by Crippen LogP contribution is -2.11. The summed E-state index contributed by atoms with van der Waals surface area (Å²) in [5, 5.41) is 7.43. The van der Waals surface area contributed by atoms with E-state index < -0.39 is 0 Å². The molecule has 2 aromatic rings. The number of aryl methyl sites for hydroxylation is 1. The smallest absolute Gasteiger partial charge is 0.203 e. The Hall–Kier alpha value is -1.78. The molecule has 0 aliphatic rings. The van der Waals surface area contributed by atoms with E-state index in [4.69, 9.17) is 0 Å². The summed E-state index contributed by atoms with van der Waals surface area (Å²) in [6.45, 7) is 5.01. The van der Waals surface area contributed by atoms with E-state index in [1.54, 1.807) is 6.20 Å². The van der Waals surface area contributed by atoms with Crippen LogP contribution >= 0.6 is 0 Å². The molecule has 0 amide bonds. The number of hydrogen-bond donors (Lipinski definition) is 1. The molecule has 16 heavy (non-hydrogen) atoms. The van der Waals surface area contributed by atoms with Crippen LogP contribution in [0.3, 0.4) is 0 Å². The molecule has 2 rings (SSSR count).